The van der Waals surface area contributed by atoms with E-state index in [1.54, 1.807) is 0 Å². The second-order valence-corrected chi connectivity index (χ2v) is 6.49. The Morgan fingerprint density at radius 2 is 1.76 bits per heavy atom. The molecule has 0 atom stereocenters. The van der Waals surface area contributed by atoms with E-state index in [-0.39, 0.29) is 0 Å². The van der Waals surface area contributed by atoms with Crippen molar-refractivity contribution in [3.63, 3.8) is 0 Å². The molecule has 5 nitrogen and oxygen atoms in total. The number of rotatable bonds is 3. The van der Waals surface area contributed by atoms with Crippen molar-refractivity contribution in [2.45, 2.75) is 37.5 Å². The maximum absolute atomic E-state index is 11.0. The predicted molar refractivity (Wildman–Crippen MR) is 80.0 cm³/mol. The number of pyridine rings is 1. The summed E-state index contributed by atoms with van der Waals surface area (Å²) in [6.07, 6.45) is 6.40. The molecule has 2 saturated carbocycles. The van der Waals surface area contributed by atoms with Crippen molar-refractivity contribution in [2.75, 3.05) is 31.1 Å². The molecule has 1 N–H and O–H groups in total. The molecule has 0 spiro atoms. The summed E-state index contributed by atoms with van der Waals surface area (Å²) in [5.74, 6) is 2.53. The van der Waals surface area contributed by atoms with Crippen LogP contribution in [0.15, 0.2) is 12.3 Å². The summed E-state index contributed by atoms with van der Waals surface area (Å²) in [7, 11) is 0. The molecule has 1 saturated heterocycles. The van der Waals surface area contributed by atoms with Gasteiger partial charge in [0, 0.05) is 32.4 Å². The predicted octanol–water partition coefficient (Wildman–Crippen LogP) is 2.64. The van der Waals surface area contributed by atoms with E-state index in [0.29, 0.717) is 19.0 Å². The van der Waals surface area contributed by atoms with Gasteiger partial charge in [-0.3, -0.25) is 0 Å². The van der Waals surface area contributed by atoms with Crippen LogP contribution in [0.3, 0.4) is 0 Å². The van der Waals surface area contributed by atoms with Gasteiger partial charge in [-0.25, -0.2) is 9.78 Å². The first-order chi connectivity index (χ1) is 10.2. The highest BCUT2D eigenvalue weighted by atomic mass is 16.4. The first kappa shape index (κ1) is 12.9. The van der Waals surface area contributed by atoms with Gasteiger partial charge in [0.2, 0.25) is 0 Å². The van der Waals surface area contributed by atoms with E-state index in [9.17, 15) is 4.79 Å². The molecule has 0 unspecified atom stereocenters. The Labute approximate surface area is 124 Å². The number of carbonyl (C=O) groups is 1. The summed E-state index contributed by atoms with van der Waals surface area (Å²) >= 11 is 0. The lowest BCUT2D eigenvalue weighted by molar-refractivity contribution is 0.142. The lowest BCUT2D eigenvalue weighted by atomic mass is 10.1. The van der Waals surface area contributed by atoms with Gasteiger partial charge in [0.25, 0.3) is 0 Å². The zero-order chi connectivity index (χ0) is 14.4. The minimum Gasteiger partial charge on any atom is -0.465 e. The molecule has 3 fully saturated rings. The topological polar surface area (TPSA) is 56.7 Å². The van der Waals surface area contributed by atoms with Crippen LogP contribution in [0.2, 0.25) is 0 Å². The lowest BCUT2D eigenvalue weighted by Gasteiger charge is -2.35. The van der Waals surface area contributed by atoms with Crippen LogP contribution in [0.1, 0.15) is 48.6 Å². The third-order valence-electron chi connectivity index (χ3n) is 4.83. The molecule has 1 aromatic rings. The van der Waals surface area contributed by atoms with E-state index >= 15 is 0 Å². The average molecular weight is 287 g/mol. The minimum absolute atomic E-state index is 0.575. The van der Waals surface area contributed by atoms with Gasteiger partial charge >= 0.3 is 6.09 Å². The highest BCUT2D eigenvalue weighted by molar-refractivity contribution is 5.65. The molecule has 2 aliphatic carbocycles. The smallest absolute Gasteiger partial charge is 0.407 e. The molecule has 0 radical (unpaired) electrons. The lowest BCUT2D eigenvalue weighted by Crippen LogP contribution is -2.48. The van der Waals surface area contributed by atoms with Gasteiger partial charge in [-0.2, -0.15) is 0 Å². The van der Waals surface area contributed by atoms with Crippen molar-refractivity contribution >= 4 is 11.9 Å². The van der Waals surface area contributed by atoms with E-state index in [2.05, 4.69) is 11.0 Å². The third kappa shape index (κ3) is 2.57. The molecule has 3 aliphatic rings. The summed E-state index contributed by atoms with van der Waals surface area (Å²) in [5, 5.41) is 9.04. The molecule has 1 amide bonds. The van der Waals surface area contributed by atoms with Crippen LogP contribution < -0.4 is 4.90 Å². The van der Waals surface area contributed by atoms with Gasteiger partial charge < -0.3 is 14.9 Å². The summed E-state index contributed by atoms with van der Waals surface area (Å²) < 4.78 is 0. The molecule has 5 heteroatoms. The first-order valence-corrected chi connectivity index (χ1v) is 7.95. The summed E-state index contributed by atoms with van der Waals surface area (Å²) in [6, 6.07) is 2.38. The van der Waals surface area contributed by atoms with Crippen molar-refractivity contribution in [3.05, 3.63) is 23.4 Å². The van der Waals surface area contributed by atoms with Crippen molar-refractivity contribution in [1.82, 2.24) is 9.88 Å². The van der Waals surface area contributed by atoms with E-state index < -0.39 is 6.09 Å². The standard InChI is InChI=1S/C16H21N3O2/c20-16(21)19-7-5-18(6-8-19)15-14(12-3-4-12)9-13(10-17-15)11-1-2-11/h9-12H,1-8H2,(H,20,21). The molecular formula is C16H21N3O2. The summed E-state index contributed by atoms with van der Waals surface area (Å²) in [6.45, 7) is 2.65. The van der Waals surface area contributed by atoms with Gasteiger partial charge in [-0.15, -0.1) is 0 Å². The van der Waals surface area contributed by atoms with Crippen LogP contribution in [0, 0.1) is 0 Å². The normalized spacial score (nSPS) is 22.5. The zero-order valence-electron chi connectivity index (χ0n) is 12.2. The van der Waals surface area contributed by atoms with Crippen LogP contribution in [0.25, 0.3) is 0 Å². The molecule has 0 bridgehead atoms. The van der Waals surface area contributed by atoms with Crippen molar-refractivity contribution in [2.24, 2.45) is 0 Å². The maximum atomic E-state index is 11.0. The van der Waals surface area contributed by atoms with Crippen molar-refractivity contribution in [1.29, 1.82) is 0 Å². The van der Waals surface area contributed by atoms with Crippen molar-refractivity contribution < 1.29 is 9.90 Å². The number of amides is 1. The van der Waals surface area contributed by atoms with Crippen LogP contribution in [0.4, 0.5) is 10.6 Å². The Hall–Kier alpha value is -1.78. The molecule has 2 heterocycles. The zero-order valence-corrected chi connectivity index (χ0v) is 12.2. The average Bonchev–Trinajstić information content (AvgIpc) is 3.40. The Morgan fingerprint density at radius 3 is 2.33 bits per heavy atom. The summed E-state index contributed by atoms with van der Waals surface area (Å²) in [5.41, 5.74) is 2.81. The fourth-order valence-corrected chi connectivity index (χ4v) is 3.20. The highest BCUT2D eigenvalue weighted by Gasteiger charge is 2.32. The molecule has 21 heavy (non-hydrogen) atoms. The van der Waals surface area contributed by atoms with E-state index in [1.807, 2.05) is 6.20 Å². The molecule has 4 rings (SSSR count). The number of nitrogens with zero attached hydrogens (tertiary/aromatic N) is 3. The minimum atomic E-state index is -0.811. The van der Waals surface area contributed by atoms with E-state index in [4.69, 9.17) is 10.1 Å². The highest BCUT2D eigenvalue weighted by Crippen LogP contribution is 2.47. The number of hydrogen-bond acceptors (Lipinski definition) is 3. The first-order valence-electron chi connectivity index (χ1n) is 7.95. The van der Waals surface area contributed by atoms with Crippen LogP contribution in [-0.4, -0.2) is 47.3 Å². The Balaban J connectivity index is 1.55. The fraction of sp³-hybridized carbons (Fsp3) is 0.625. The van der Waals surface area contributed by atoms with Crippen molar-refractivity contribution in [3.8, 4) is 0 Å². The number of aromatic nitrogens is 1. The Morgan fingerprint density at radius 1 is 1.10 bits per heavy atom. The summed E-state index contributed by atoms with van der Waals surface area (Å²) in [4.78, 5) is 19.5. The monoisotopic (exact) mass is 287 g/mol. The van der Waals surface area contributed by atoms with Gasteiger partial charge in [-0.05, 0) is 48.6 Å². The molecule has 0 aromatic carbocycles. The third-order valence-corrected chi connectivity index (χ3v) is 4.83. The SMILES string of the molecule is O=C(O)N1CCN(c2ncc(C3CC3)cc2C2CC2)CC1. The van der Waals surface area contributed by atoms with Gasteiger partial charge in [0.1, 0.15) is 5.82 Å². The number of piperazine rings is 1. The van der Waals surface area contributed by atoms with Crippen LogP contribution in [0.5, 0.6) is 0 Å². The van der Waals surface area contributed by atoms with Gasteiger partial charge in [0.15, 0.2) is 0 Å². The van der Waals surface area contributed by atoms with Crippen LogP contribution >= 0.6 is 0 Å². The van der Waals surface area contributed by atoms with E-state index in [0.717, 1.165) is 24.8 Å². The number of carboxylic acid groups (broad SMARTS) is 1. The quantitative estimate of drug-likeness (QED) is 0.928. The van der Waals surface area contributed by atoms with Gasteiger partial charge in [0.05, 0.1) is 0 Å². The molecule has 112 valence electrons. The second kappa shape index (κ2) is 4.90. The molecule has 1 aromatic heterocycles. The maximum Gasteiger partial charge on any atom is 0.407 e. The molecular weight excluding hydrogens is 266 g/mol. The van der Waals surface area contributed by atoms with Crippen LogP contribution in [-0.2, 0) is 0 Å². The second-order valence-electron chi connectivity index (χ2n) is 6.49. The molecule has 1 aliphatic heterocycles. The fourth-order valence-electron chi connectivity index (χ4n) is 3.20. The number of hydrogen-bond donors (Lipinski definition) is 1. The van der Waals surface area contributed by atoms with E-state index in [1.165, 1.54) is 41.7 Å². The largest absolute Gasteiger partial charge is 0.465 e. The Kier molecular flexibility index (Phi) is 3.01. The number of anilines is 1. The van der Waals surface area contributed by atoms with Gasteiger partial charge in [-0.1, -0.05) is 6.07 Å². The Bertz CT molecular complexity index is 559.